The Hall–Kier alpha value is -1.92. The van der Waals surface area contributed by atoms with Crippen LogP contribution in [-0.4, -0.2) is 64.9 Å². The highest BCUT2D eigenvalue weighted by Gasteiger charge is 2.28. The van der Waals surface area contributed by atoms with Gasteiger partial charge in [-0.05, 0) is 57.5 Å². The van der Waals surface area contributed by atoms with E-state index in [9.17, 15) is 4.39 Å². The first-order valence-electron chi connectivity index (χ1n) is 10.6. The monoisotopic (exact) mass is 385 g/mol. The topological polar surface area (TPSA) is 27.5 Å². The zero-order valence-corrected chi connectivity index (χ0v) is 17.1. The first kappa shape index (κ1) is 19.4. The molecular weight excluding hydrogens is 353 g/mol. The number of nitrogens with zero attached hydrogens (tertiary/aromatic N) is 5. The molecule has 0 amide bonds. The molecular formula is C22H32FN5. The molecule has 0 spiro atoms. The lowest BCUT2D eigenvalue weighted by atomic mass is 10.0. The molecule has 0 aliphatic carbocycles. The van der Waals surface area contributed by atoms with E-state index in [2.05, 4.69) is 38.3 Å². The van der Waals surface area contributed by atoms with Crippen LogP contribution in [0.2, 0.25) is 0 Å². The summed E-state index contributed by atoms with van der Waals surface area (Å²) in [5.74, 6) is -0.163. The van der Waals surface area contributed by atoms with Crippen molar-refractivity contribution in [3.05, 3.63) is 47.5 Å². The van der Waals surface area contributed by atoms with E-state index in [0.29, 0.717) is 6.04 Å². The van der Waals surface area contributed by atoms with E-state index in [1.807, 2.05) is 18.3 Å². The molecule has 0 saturated carbocycles. The van der Waals surface area contributed by atoms with E-state index in [0.717, 1.165) is 51.5 Å². The Labute approximate surface area is 167 Å². The fraction of sp³-hybridized carbons (Fsp3) is 0.591. The van der Waals surface area contributed by atoms with Gasteiger partial charge in [0.2, 0.25) is 0 Å². The minimum absolute atomic E-state index is 0.163. The summed E-state index contributed by atoms with van der Waals surface area (Å²) in [4.78, 5) is 7.64. The number of aromatic nitrogens is 2. The molecule has 0 radical (unpaired) electrons. The highest BCUT2D eigenvalue weighted by molar-refractivity contribution is 5.46. The molecule has 2 saturated heterocycles. The van der Waals surface area contributed by atoms with E-state index >= 15 is 0 Å². The van der Waals surface area contributed by atoms with Crippen LogP contribution in [0.3, 0.4) is 0 Å². The molecule has 2 aliphatic heterocycles. The molecule has 3 heterocycles. The predicted molar refractivity (Wildman–Crippen MR) is 111 cm³/mol. The lowest BCUT2D eigenvalue weighted by Gasteiger charge is -2.44. The van der Waals surface area contributed by atoms with Crippen molar-refractivity contribution in [2.45, 2.75) is 45.8 Å². The van der Waals surface area contributed by atoms with E-state index in [-0.39, 0.29) is 5.82 Å². The third-order valence-electron chi connectivity index (χ3n) is 6.40. The average Bonchev–Trinajstić information content (AvgIpc) is 3.08. The van der Waals surface area contributed by atoms with Crippen LogP contribution in [0.1, 0.15) is 31.0 Å². The molecule has 1 unspecified atom stereocenters. The van der Waals surface area contributed by atoms with Crippen LogP contribution in [-0.2, 0) is 13.1 Å². The number of anilines is 1. The molecule has 1 aromatic heterocycles. The molecule has 28 heavy (non-hydrogen) atoms. The van der Waals surface area contributed by atoms with Gasteiger partial charge in [0.05, 0.1) is 6.20 Å². The number of hydrogen-bond donors (Lipinski definition) is 0. The Morgan fingerprint density at radius 3 is 2.50 bits per heavy atom. The summed E-state index contributed by atoms with van der Waals surface area (Å²) >= 11 is 0. The van der Waals surface area contributed by atoms with Crippen LogP contribution in [0.5, 0.6) is 0 Å². The number of rotatable bonds is 5. The molecule has 4 rings (SSSR count). The van der Waals surface area contributed by atoms with Crippen LogP contribution in [0.15, 0.2) is 30.5 Å². The maximum atomic E-state index is 13.2. The lowest BCUT2D eigenvalue weighted by molar-refractivity contribution is 0.0886. The summed E-state index contributed by atoms with van der Waals surface area (Å²) in [6.07, 6.45) is 4.61. The van der Waals surface area contributed by atoms with E-state index < -0.39 is 0 Å². The van der Waals surface area contributed by atoms with Crippen LogP contribution in [0, 0.1) is 12.7 Å². The fourth-order valence-corrected chi connectivity index (χ4v) is 4.67. The van der Waals surface area contributed by atoms with Gasteiger partial charge in [-0.3, -0.25) is 14.5 Å². The Kier molecular flexibility index (Phi) is 5.97. The van der Waals surface area contributed by atoms with Gasteiger partial charge in [-0.1, -0.05) is 0 Å². The number of aryl methyl sites for hydroxylation is 1. The molecule has 1 aromatic carbocycles. The van der Waals surface area contributed by atoms with Crippen LogP contribution < -0.4 is 4.90 Å². The quantitative estimate of drug-likeness (QED) is 0.790. The third kappa shape index (κ3) is 4.23. The number of hydrogen-bond acceptors (Lipinski definition) is 4. The van der Waals surface area contributed by atoms with Crippen molar-refractivity contribution in [1.29, 1.82) is 0 Å². The predicted octanol–water partition coefficient (Wildman–Crippen LogP) is 3.14. The molecule has 152 valence electrons. The van der Waals surface area contributed by atoms with Gasteiger partial charge in [-0.25, -0.2) is 4.39 Å². The van der Waals surface area contributed by atoms with Gasteiger partial charge in [-0.2, -0.15) is 5.10 Å². The Morgan fingerprint density at radius 2 is 1.82 bits per heavy atom. The molecule has 0 bridgehead atoms. The zero-order chi connectivity index (χ0) is 19.5. The lowest BCUT2D eigenvalue weighted by Crippen LogP contribution is -2.55. The molecule has 2 aromatic rings. The second kappa shape index (κ2) is 8.62. The van der Waals surface area contributed by atoms with E-state index in [4.69, 9.17) is 0 Å². The number of piperidine rings is 1. The zero-order valence-electron chi connectivity index (χ0n) is 17.1. The minimum atomic E-state index is -0.163. The van der Waals surface area contributed by atoms with Crippen molar-refractivity contribution >= 4 is 5.69 Å². The standard InChI is InChI=1S/C22H32FN5/c1-3-28-18(2)19(15-24-28)16-25-10-4-5-22(17-25)27-13-11-26(12-14-27)21-8-6-20(23)7-9-21/h6-9,15,22H,3-5,10-14,16-17H2,1-2H3. The molecule has 1 atom stereocenters. The van der Waals surface area contributed by atoms with Gasteiger partial charge < -0.3 is 4.90 Å². The summed E-state index contributed by atoms with van der Waals surface area (Å²) in [6.45, 7) is 12.8. The number of benzene rings is 1. The highest BCUT2D eigenvalue weighted by Crippen LogP contribution is 2.22. The van der Waals surface area contributed by atoms with Crippen molar-refractivity contribution in [3.63, 3.8) is 0 Å². The van der Waals surface area contributed by atoms with Crippen molar-refractivity contribution in [2.24, 2.45) is 0 Å². The maximum absolute atomic E-state index is 13.2. The van der Waals surface area contributed by atoms with Crippen molar-refractivity contribution in [3.8, 4) is 0 Å². The summed E-state index contributed by atoms with van der Waals surface area (Å²) in [6, 6.07) is 7.55. The minimum Gasteiger partial charge on any atom is -0.369 e. The summed E-state index contributed by atoms with van der Waals surface area (Å²) in [5, 5.41) is 4.50. The molecule has 0 N–H and O–H groups in total. The fourth-order valence-electron chi connectivity index (χ4n) is 4.67. The van der Waals surface area contributed by atoms with Gasteiger partial charge >= 0.3 is 0 Å². The summed E-state index contributed by atoms with van der Waals surface area (Å²) in [5.41, 5.74) is 3.80. The van der Waals surface area contributed by atoms with Crippen molar-refractivity contribution in [2.75, 3.05) is 44.2 Å². The van der Waals surface area contributed by atoms with Crippen molar-refractivity contribution < 1.29 is 4.39 Å². The van der Waals surface area contributed by atoms with E-state index in [1.165, 1.54) is 30.6 Å². The number of piperazine rings is 1. The second-order valence-electron chi connectivity index (χ2n) is 8.10. The molecule has 2 fully saturated rings. The first-order chi connectivity index (χ1) is 13.6. The largest absolute Gasteiger partial charge is 0.369 e. The SMILES string of the molecule is CCn1ncc(CN2CCCC(N3CCN(c4ccc(F)cc4)CC3)C2)c1C. The summed E-state index contributed by atoms with van der Waals surface area (Å²) < 4.78 is 15.3. The van der Waals surface area contributed by atoms with Gasteiger partial charge in [0, 0.05) is 68.8 Å². The Balaban J connectivity index is 1.31. The molecule has 6 heteroatoms. The normalized spacial score (nSPS) is 22.0. The summed E-state index contributed by atoms with van der Waals surface area (Å²) in [7, 11) is 0. The van der Waals surface area contributed by atoms with Gasteiger partial charge in [0.25, 0.3) is 0 Å². The maximum Gasteiger partial charge on any atom is 0.123 e. The molecule has 2 aliphatic rings. The Bertz CT molecular complexity index is 764. The van der Waals surface area contributed by atoms with Crippen molar-refractivity contribution in [1.82, 2.24) is 19.6 Å². The molecule has 5 nitrogen and oxygen atoms in total. The van der Waals surface area contributed by atoms with Crippen LogP contribution in [0.4, 0.5) is 10.1 Å². The van der Waals surface area contributed by atoms with Crippen LogP contribution >= 0.6 is 0 Å². The highest BCUT2D eigenvalue weighted by atomic mass is 19.1. The van der Waals surface area contributed by atoms with Gasteiger partial charge in [0.1, 0.15) is 5.82 Å². The van der Waals surface area contributed by atoms with Crippen LogP contribution in [0.25, 0.3) is 0 Å². The third-order valence-corrected chi connectivity index (χ3v) is 6.40. The Morgan fingerprint density at radius 1 is 1.07 bits per heavy atom. The number of likely N-dealkylation sites (tertiary alicyclic amines) is 1. The number of halogens is 1. The first-order valence-corrected chi connectivity index (χ1v) is 10.6. The second-order valence-corrected chi connectivity index (χ2v) is 8.10. The average molecular weight is 386 g/mol. The van der Waals surface area contributed by atoms with E-state index in [1.54, 1.807) is 12.1 Å². The van der Waals surface area contributed by atoms with Gasteiger partial charge in [-0.15, -0.1) is 0 Å². The van der Waals surface area contributed by atoms with Gasteiger partial charge in [0.15, 0.2) is 0 Å². The smallest absolute Gasteiger partial charge is 0.123 e.